The Morgan fingerprint density at radius 2 is 1.55 bits per heavy atom. The van der Waals surface area contributed by atoms with Gasteiger partial charge in [0.1, 0.15) is 12.4 Å². The van der Waals surface area contributed by atoms with Crippen molar-refractivity contribution in [1.82, 2.24) is 35.7 Å². The maximum Gasteiger partial charge on any atom is 0.343 e. The van der Waals surface area contributed by atoms with Crippen LogP contribution in [0.1, 0.15) is 123 Å². The van der Waals surface area contributed by atoms with Gasteiger partial charge in [0.15, 0.2) is 23.0 Å². The molecule has 0 fully saturated rings. The molecule has 0 saturated heterocycles. The van der Waals surface area contributed by atoms with Gasteiger partial charge in [-0.2, -0.15) is 0 Å². The number of carbonyl (C=O) groups excluding carboxylic acids is 10. The van der Waals surface area contributed by atoms with E-state index in [0.29, 0.717) is 57.4 Å². The van der Waals surface area contributed by atoms with E-state index in [0.717, 1.165) is 22.6 Å². The molecule has 4 atom stereocenters. The highest BCUT2D eigenvalue weighted by Gasteiger charge is 2.46. The highest BCUT2D eigenvalue weighted by molar-refractivity contribution is 6.13. The number of pyridine rings is 2. The van der Waals surface area contributed by atoms with Crippen LogP contribution in [-0.2, 0) is 89.1 Å². The first kappa shape index (κ1) is 57.6. The monoisotopic (exact) mass is 1100 g/mol. The lowest BCUT2D eigenvalue weighted by Crippen LogP contribution is -2.44. The van der Waals surface area contributed by atoms with E-state index < -0.39 is 120 Å². The quantitative estimate of drug-likeness (QED) is 0.0342. The summed E-state index contributed by atoms with van der Waals surface area (Å²) in [5.41, 5.74) is 1.92. The molecule has 420 valence electrons. The van der Waals surface area contributed by atoms with Crippen LogP contribution >= 0.6 is 0 Å². The third-order valence-corrected chi connectivity index (χ3v) is 15.1. The van der Waals surface area contributed by atoms with Gasteiger partial charge in [0, 0.05) is 85.7 Å². The summed E-state index contributed by atoms with van der Waals surface area (Å²) in [6.45, 7) is 2.02. The van der Waals surface area contributed by atoms with Gasteiger partial charge in [0.25, 0.3) is 17.4 Å². The number of hydrogen-bond acceptors (Lipinski definition) is 15. The van der Waals surface area contributed by atoms with Gasteiger partial charge in [-0.3, -0.25) is 57.6 Å². The summed E-state index contributed by atoms with van der Waals surface area (Å²) in [7, 11) is 0. The second-order valence-electron chi connectivity index (χ2n) is 20.4. The van der Waals surface area contributed by atoms with E-state index in [-0.39, 0.29) is 93.9 Å². The Bertz CT molecular complexity index is 3340. The molecule has 3 aliphatic heterocycles. The van der Waals surface area contributed by atoms with Crippen LogP contribution in [0.5, 0.6) is 0 Å². The predicted molar refractivity (Wildman–Crippen MR) is 280 cm³/mol. The highest BCUT2D eigenvalue weighted by Crippen LogP contribution is 2.46. The molecule has 4 aliphatic rings. The van der Waals surface area contributed by atoms with Gasteiger partial charge < -0.3 is 40.8 Å². The molecule has 8 rings (SSSR count). The number of carbonyl (C=O) groups is 11. The molecular formula is C57H60FN7O15. The number of ether oxygens (including phenoxy) is 1. The van der Waals surface area contributed by atoms with Crippen LogP contribution in [-0.4, -0.2) is 115 Å². The summed E-state index contributed by atoms with van der Waals surface area (Å²) >= 11 is 0. The zero-order chi connectivity index (χ0) is 57.6. The van der Waals surface area contributed by atoms with Crippen molar-refractivity contribution in [2.45, 2.75) is 128 Å². The number of aryl methyl sites for hydroxylation is 1. The number of amides is 6. The predicted octanol–water partition coefficient (Wildman–Crippen LogP) is 2.43. The number of halogens is 1. The molecule has 80 heavy (non-hydrogen) atoms. The molecule has 1 aliphatic carbocycles. The molecular weight excluding hydrogens is 1040 g/mol. The van der Waals surface area contributed by atoms with Crippen LogP contribution in [0.4, 0.5) is 4.39 Å². The molecule has 23 heteroatoms. The lowest BCUT2D eigenvalue weighted by atomic mass is 9.81. The fourth-order valence-corrected chi connectivity index (χ4v) is 10.8. The maximum atomic E-state index is 15.4. The van der Waals surface area contributed by atoms with Gasteiger partial charge in [-0.1, -0.05) is 37.3 Å². The zero-order valence-corrected chi connectivity index (χ0v) is 44.1. The first-order valence-corrected chi connectivity index (χ1v) is 26.5. The molecule has 22 nitrogen and oxygen atoms in total. The number of benzene rings is 2. The summed E-state index contributed by atoms with van der Waals surface area (Å²) in [6, 6.07) is 9.60. The van der Waals surface area contributed by atoms with E-state index in [1.165, 1.54) is 10.6 Å². The molecule has 0 spiro atoms. The van der Waals surface area contributed by atoms with Gasteiger partial charge in [-0.25, -0.2) is 14.2 Å². The van der Waals surface area contributed by atoms with Crippen molar-refractivity contribution in [3.8, 4) is 11.4 Å². The van der Waals surface area contributed by atoms with Crippen LogP contribution < -0.4 is 26.8 Å². The number of imide groups is 1. The molecule has 2 aromatic carbocycles. The van der Waals surface area contributed by atoms with Crippen molar-refractivity contribution in [3.63, 3.8) is 0 Å². The molecule has 4 aromatic rings. The van der Waals surface area contributed by atoms with Crippen molar-refractivity contribution >= 4 is 75.6 Å². The van der Waals surface area contributed by atoms with Crippen molar-refractivity contribution in [3.05, 3.63) is 110 Å². The Hall–Kier alpha value is -8.60. The Kier molecular flexibility index (Phi) is 17.7. The molecule has 0 bridgehead atoms. The van der Waals surface area contributed by atoms with Gasteiger partial charge in [-0.15, -0.1) is 0 Å². The second-order valence-corrected chi connectivity index (χ2v) is 20.4. The molecule has 6 amide bonds. The number of nitrogens with one attached hydrogen (secondary N) is 4. The van der Waals surface area contributed by atoms with Crippen molar-refractivity contribution in [1.29, 1.82) is 0 Å². The Morgan fingerprint density at radius 3 is 2.26 bits per heavy atom. The summed E-state index contributed by atoms with van der Waals surface area (Å²) in [5, 5.41) is 31.8. The Balaban J connectivity index is 0.827. The topological polar surface area (TPSA) is 324 Å². The number of rotatable bonds is 26. The Morgan fingerprint density at radius 1 is 0.838 bits per heavy atom. The number of nitrogens with zero attached hydrogens (tertiary/aromatic N) is 3. The summed E-state index contributed by atoms with van der Waals surface area (Å²) in [5.74, 6) is -8.88. The molecule has 2 aromatic heterocycles. The lowest BCUT2D eigenvalue weighted by molar-refractivity contribution is -0.172. The minimum absolute atomic E-state index is 0.0542. The average Bonchev–Trinajstić information content (AvgIpc) is 4.14. The van der Waals surface area contributed by atoms with E-state index in [4.69, 9.17) is 9.72 Å². The van der Waals surface area contributed by atoms with E-state index in [1.54, 1.807) is 50.2 Å². The van der Waals surface area contributed by atoms with Gasteiger partial charge in [0.2, 0.25) is 23.6 Å². The third kappa shape index (κ3) is 12.6. The van der Waals surface area contributed by atoms with Crippen LogP contribution in [0.25, 0.3) is 22.3 Å². The summed E-state index contributed by atoms with van der Waals surface area (Å²) in [4.78, 5) is 159. The van der Waals surface area contributed by atoms with Crippen molar-refractivity contribution in [2.75, 3.05) is 19.6 Å². The van der Waals surface area contributed by atoms with E-state index in [1.807, 2.05) is 0 Å². The maximum absolute atomic E-state index is 15.4. The Labute approximate surface area is 456 Å². The summed E-state index contributed by atoms with van der Waals surface area (Å²) in [6.07, 6.45) is 0.769. The highest BCUT2D eigenvalue weighted by atomic mass is 19.1. The largest absolute Gasteiger partial charge is 0.481 e. The number of aliphatic hydroxyl groups is 1. The van der Waals surface area contributed by atoms with E-state index in [9.17, 15) is 67.7 Å². The number of esters is 1. The number of carboxylic acid groups (broad SMARTS) is 1. The number of carboxylic acids is 1. The van der Waals surface area contributed by atoms with Crippen LogP contribution in [0, 0.1) is 18.7 Å². The third-order valence-electron chi connectivity index (χ3n) is 15.1. The van der Waals surface area contributed by atoms with Crippen molar-refractivity contribution in [2.24, 2.45) is 5.92 Å². The number of fused-ring (bicyclic) bond motifs is 5. The van der Waals surface area contributed by atoms with Crippen LogP contribution in [0.15, 0.2) is 59.4 Å². The first-order chi connectivity index (χ1) is 38.2. The fraction of sp³-hybridized carbons (Fsp3) is 0.421. The van der Waals surface area contributed by atoms with Crippen LogP contribution in [0.3, 0.4) is 0 Å². The minimum atomic E-state index is -2.06. The number of aromatic nitrogens is 2. The van der Waals surface area contributed by atoms with Crippen molar-refractivity contribution < 1.29 is 72.1 Å². The SMILES string of the molecule is CC[C@@]1(O)C(=O)OCc2c1cc1n(c2=O)Cc2c-1nc1cc(F)c(C)c3c1c2[C@@H](NC(=O)CCCC(=O)CNC(=O)[C@@H](CC(=O)CNC(=O)CCC(=O)[C@H](CC(=O)O)NC(=O)CCCN1C(=O)C=CC1=O)Cc1ccccc1)CC3. The smallest absolute Gasteiger partial charge is 0.343 e. The normalized spacial score (nSPS) is 17.4. The molecule has 0 radical (unpaired) electrons. The van der Waals surface area contributed by atoms with E-state index >= 15 is 4.39 Å². The van der Waals surface area contributed by atoms with Gasteiger partial charge in [-0.05, 0) is 73.8 Å². The molecule has 0 unspecified atom stereocenters. The van der Waals surface area contributed by atoms with Gasteiger partial charge in [0.05, 0.1) is 60.6 Å². The van der Waals surface area contributed by atoms with Crippen LogP contribution in [0.2, 0.25) is 0 Å². The molecule has 5 heterocycles. The minimum Gasteiger partial charge on any atom is -0.481 e. The number of Topliss-reactive ketones (excluding diaryl/α,β-unsaturated/α-hetero) is 3. The molecule has 6 N–H and O–H groups in total. The zero-order valence-electron chi connectivity index (χ0n) is 44.1. The number of cyclic esters (lactones) is 1. The number of ketones is 3. The number of aliphatic carboxylic acids is 1. The average molecular weight is 1100 g/mol. The lowest BCUT2D eigenvalue weighted by Gasteiger charge is -2.31. The standard InChI is InChI=1S/C57H60FN7O15/c1-3-57(79)38-23-43-53-36(28-65(43)55(77)37(38)29-80-56(57)78)52-40(15-14-35-30(2)39(58)24-42(63-53)51(35)52)61-46(70)12-7-11-33(66)26-60-54(76)32(21-31-9-5-4-6-10-31)22-34(67)27-59-45(69)17-16-44(68)41(25-50(74)75)62-47(71)13-8-20-64-48(72)18-19-49(64)73/h4-6,9-10,18-19,23-24,32,40-41,79H,3,7-8,11-17,20-22,25-29H2,1-2H3,(H,59,69)(H,60,76)(H,61,70)(H,62,71)(H,74,75)/t32-,40+,41+,57+/m1/s1. The van der Waals surface area contributed by atoms with Gasteiger partial charge >= 0.3 is 11.9 Å². The summed E-state index contributed by atoms with van der Waals surface area (Å²) < 4.78 is 22.1. The first-order valence-electron chi connectivity index (χ1n) is 26.5. The second kappa shape index (κ2) is 24.6. The fourth-order valence-electron chi connectivity index (χ4n) is 10.8. The van der Waals surface area contributed by atoms with E-state index in [2.05, 4.69) is 21.3 Å². The molecule has 0 saturated carbocycles. The number of hydrogen-bond donors (Lipinski definition) is 6.